The zero-order valence-corrected chi connectivity index (χ0v) is 14.7. The van der Waals surface area contributed by atoms with Crippen LogP contribution in [-0.4, -0.2) is 39.3 Å². The highest BCUT2D eigenvalue weighted by Crippen LogP contribution is 2.31. The lowest BCUT2D eigenvalue weighted by atomic mass is 9.86. The van der Waals surface area contributed by atoms with E-state index in [0.717, 1.165) is 19.3 Å². The van der Waals surface area contributed by atoms with Crippen LogP contribution in [-0.2, 0) is 9.59 Å². The summed E-state index contributed by atoms with van der Waals surface area (Å²) in [5, 5.41) is 29.3. The number of carbonyl (C=O) groups is 2. The molecule has 4 unspecified atom stereocenters. The zero-order chi connectivity index (χ0) is 18.2. The van der Waals surface area contributed by atoms with Crippen molar-refractivity contribution >= 4 is 11.8 Å². The minimum atomic E-state index is -0.804. The number of allylic oxidation sites excluding steroid dienone is 3. The van der Waals surface area contributed by atoms with Gasteiger partial charge in [-0.2, -0.15) is 0 Å². The summed E-state index contributed by atoms with van der Waals surface area (Å²) in [6.45, 7) is 0. The second kappa shape index (κ2) is 9.88. The number of ketones is 1. The Morgan fingerprint density at radius 2 is 1.92 bits per heavy atom. The SMILES string of the molecule is O=C(O)CCCCCC(O)C1C(=O)C=CC1C=CC(O)C1CCCC1. The van der Waals surface area contributed by atoms with Gasteiger partial charge in [-0.25, -0.2) is 0 Å². The van der Waals surface area contributed by atoms with Gasteiger partial charge in [0.25, 0.3) is 0 Å². The van der Waals surface area contributed by atoms with E-state index in [1.54, 1.807) is 12.2 Å². The number of hydrogen-bond donors (Lipinski definition) is 3. The van der Waals surface area contributed by atoms with Crippen molar-refractivity contribution in [2.75, 3.05) is 0 Å². The van der Waals surface area contributed by atoms with E-state index in [4.69, 9.17) is 5.11 Å². The van der Waals surface area contributed by atoms with Crippen LogP contribution >= 0.6 is 0 Å². The van der Waals surface area contributed by atoms with Crippen LogP contribution in [0.4, 0.5) is 0 Å². The summed E-state index contributed by atoms with van der Waals surface area (Å²) >= 11 is 0. The van der Waals surface area contributed by atoms with Gasteiger partial charge in [0.2, 0.25) is 0 Å². The van der Waals surface area contributed by atoms with Crippen LogP contribution in [0.2, 0.25) is 0 Å². The lowest BCUT2D eigenvalue weighted by Crippen LogP contribution is -2.29. The molecule has 25 heavy (non-hydrogen) atoms. The van der Waals surface area contributed by atoms with E-state index in [-0.39, 0.29) is 18.1 Å². The fourth-order valence-electron chi connectivity index (χ4n) is 3.94. The van der Waals surface area contributed by atoms with Crippen LogP contribution in [0.5, 0.6) is 0 Å². The van der Waals surface area contributed by atoms with E-state index >= 15 is 0 Å². The Bertz CT molecular complexity index is 504. The van der Waals surface area contributed by atoms with Gasteiger partial charge in [0, 0.05) is 12.3 Å². The van der Waals surface area contributed by atoms with Crippen molar-refractivity contribution in [3.63, 3.8) is 0 Å². The Labute approximate surface area is 149 Å². The molecule has 0 amide bonds. The number of unbranched alkanes of at least 4 members (excludes halogenated alkanes) is 2. The van der Waals surface area contributed by atoms with Gasteiger partial charge in [0.15, 0.2) is 5.78 Å². The van der Waals surface area contributed by atoms with Gasteiger partial charge in [-0.15, -0.1) is 0 Å². The third kappa shape index (κ3) is 6.08. The highest BCUT2D eigenvalue weighted by atomic mass is 16.4. The fourth-order valence-corrected chi connectivity index (χ4v) is 3.94. The summed E-state index contributed by atoms with van der Waals surface area (Å²) in [5.41, 5.74) is 0. The lowest BCUT2D eigenvalue weighted by Gasteiger charge is -2.22. The van der Waals surface area contributed by atoms with Crippen molar-refractivity contribution in [3.8, 4) is 0 Å². The first kappa shape index (κ1) is 19.9. The Kier molecular flexibility index (Phi) is 7.85. The summed E-state index contributed by atoms with van der Waals surface area (Å²) in [6, 6.07) is 0. The van der Waals surface area contributed by atoms with Gasteiger partial charge in [-0.3, -0.25) is 9.59 Å². The minimum Gasteiger partial charge on any atom is -0.481 e. The molecule has 5 nitrogen and oxygen atoms in total. The van der Waals surface area contributed by atoms with Crippen LogP contribution in [0.3, 0.4) is 0 Å². The molecule has 0 heterocycles. The van der Waals surface area contributed by atoms with Crippen LogP contribution in [0.25, 0.3) is 0 Å². The van der Waals surface area contributed by atoms with Crippen LogP contribution in [0.15, 0.2) is 24.3 Å². The first-order chi connectivity index (χ1) is 12.0. The normalized spacial score (nSPS) is 26.6. The number of rotatable bonds is 10. The summed E-state index contributed by atoms with van der Waals surface area (Å²) in [4.78, 5) is 22.6. The van der Waals surface area contributed by atoms with Crippen molar-refractivity contribution in [2.45, 2.75) is 70.0 Å². The second-order valence-electron chi connectivity index (χ2n) is 7.35. The average Bonchev–Trinajstić information content (AvgIpc) is 3.21. The fraction of sp³-hybridized carbons (Fsp3) is 0.700. The van der Waals surface area contributed by atoms with Crippen LogP contribution in [0.1, 0.15) is 57.8 Å². The molecule has 0 aromatic carbocycles. The molecule has 0 aromatic rings. The van der Waals surface area contributed by atoms with Gasteiger partial charge in [-0.1, -0.05) is 43.9 Å². The number of hydrogen-bond acceptors (Lipinski definition) is 4. The first-order valence-electron chi connectivity index (χ1n) is 9.47. The summed E-state index contributed by atoms with van der Waals surface area (Å²) in [6.07, 6.45) is 12.9. The molecule has 2 aliphatic carbocycles. The number of carboxylic acid groups (broad SMARTS) is 1. The highest BCUT2D eigenvalue weighted by Gasteiger charge is 2.34. The maximum atomic E-state index is 12.1. The van der Waals surface area contributed by atoms with Gasteiger partial charge < -0.3 is 15.3 Å². The van der Waals surface area contributed by atoms with Crippen LogP contribution in [0, 0.1) is 17.8 Å². The molecule has 0 aliphatic heterocycles. The minimum absolute atomic E-state index is 0.0666. The Hall–Kier alpha value is -1.46. The van der Waals surface area contributed by atoms with E-state index in [2.05, 4.69) is 0 Å². The number of aliphatic carboxylic acids is 1. The molecule has 5 heteroatoms. The number of aliphatic hydroxyl groups excluding tert-OH is 2. The maximum absolute atomic E-state index is 12.1. The van der Waals surface area contributed by atoms with Gasteiger partial charge in [0.05, 0.1) is 18.1 Å². The molecular formula is C20H30O5. The van der Waals surface area contributed by atoms with Gasteiger partial charge >= 0.3 is 5.97 Å². The molecule has 1 fully saturated rings. The summed E-state index contributed by atoms with van der Waals surface area (Å²) in [7, 11) is 0. The molecule has 140 valence electrons. The van der Waals surface area contributed by atoms with Crippen molar-refractivity contribution < 1.29 is 24.9 Å². The molecule has 3 N–H and O–H groups in total. The van der Waals surface area contributed by atoms with Crippen molar-refractivity contribution in [2.24, 2.45) is 17.8 Å². The molecule has 0 saturated heterocycles. The molecule has 0 spiro atoms. The number of carbonyl (C=O) groups excluding carboxylic acids is 1. The first-order valence-corrected chi connectivity index (χ1v) is 9.47. The molecular weight excluding hydrogens is 320 g/mol. The van der Waals surface area contributed by atoms with Gasteiger partial charge in [-0.05, 0) is 37.7 Å². The Morgan fingerprint density at radius 1 is 1.20 bits per heavy atom. The summed E-state index contributed by atoms with van der Waals surface area (Å²) < 4.78 is 0. The van der Waals surface area contributed by atoms with Crippen molar-refractivity contribution in [3.05, 3.63) is 24.3 Å². The quantitative estimate of drug-likeness (QED) is 0.416. The number of aliphatic hydroxyl groups is 2. The van der Waals surface area contributed by atoms with E-state index in [1.165, 1.54) is 18.9 Å². The highest BCUT2D eigenvalue weighted by molar-refractivity contribution is 5.95. The molecule has 2 aliphatic rings. The molecule has 0 bridgehead atoms. The van der Waals surface area contributed by atoms with E-state index < -0.39 is 24.1 Å². The molecule has 0 aromatic heterocycles. The third-order valence-corrected chi connectivity index (χ3v) is 5.44. The van der Waals surface area contributed by atoms with Gasteiger partial charge in [0.1, 0.15) is 0 Å². The molecule has 4 atom stereocenters. The van der Waals surface area contributed by atoms with Crippen molar-refractivity contribution in [1.29, 1.82) is 0 Å². The standard InChI is InChI=1S/C20H30O5/c21-16(14-6-4-5-7-14)12-10-15-11-13-18(23)20(15)17(22)8-2-1-3-9-19(24)25/h10-17,20-22H,1-9H2,(H,24,25). The second-order valence-corrected chi connectivity index (χ2v) is 7.35. The summed E-state index contributed by atoms with van der Waals surface area (Å²) in [5.74, 6) is -1.20. The topological polar surface area (TPSA) is 94.8 Å². The lowest BCUT2D eigenvalue weighted by molar-refractivity contribution is -0.137. The predicted octanol–water partition coefficient (Wildman–Crippen LogP) is 2.86. The van der Waals surface area contributed by atoms with E-state index in [1.807, 2.05) is 6.08 Å². The molecule has 1 saturated carbocycles. The van der Waals surface area contributed by atoms with E-state index in [0.29, 0.717) is 25.2 Å². The molecule has 2 rings (SSSR count). The van der Waals surface area contributed by atoms with E-state index in [9.17, 15) is 19.8 Å². The monoisotopic (exact) mass is 350 g/mol. The average molecular weight is 350 g/mol. The predicted molar refractivity (Wildman–Crippen MR) is 95.0 cm³/mol. The van der Waals surface area contributed by atoms with Crippen LogP contribution < -0.4 is 0 Å². The smallest absolute Gasteiger partial charge is 0.303 e. The Morgan fingerprint density at radius 3 is 2.60 bits per heavy atom. The number of carboxylic acids is 1. The molecule has 0 radical (unpaired) electrons. The Balaban J connectivity index is 1.80. The maximum Gasteiger partial charge on any atom is 0.303 e. The largest absolute Gasteiger partial charge is 0.481 e. The zero-order valence-electron chi connectivity index (χ0n) is 14.7. The third-order valence-electron chi connectivity index (χ3n) is 5.44. The van der Waals surface area contributed by atoms with Crippen molar-refractivity contribution in [1.82, 2.24) is 0 Å².